The number of amides is 2. The van der Waals surface area contributed by atoms with Crippen LogP contribution in [0.4, 0.5) is 36.8 Å². The second kappa shape index (κ2) is 18.9. The van der Waals surface area contributed by atoms with Gasteiger partial charge in [0, 0.05) is 50.0 Å². The number of hydrogen-bond acceptors (Lipinski definition) is 8. The monoisotopic (exact) mass is 816 g/mol. The maximum atomic E-state index is 14.0. The Morgan fingerprint density at radius 2 is 1.65 bits per heavy atom. The number of pyridine rings is 1. The number of anilines is 1. The van der Waals surface area contributed by atoms with E-state index in [9.17, 15) is 31.1 Å². The molecule has 17 heteroatoms. The van der Waals surface area contributed by atoms with Gasteiger partial charge in [0.15, 0.2) is 0 Å². The summed E-state index contributed by atoms with van der Waals surface area (Å²) in [7, 11) is -1.18. The summed E-state index contributed by atoms with van der Waals surface area (Å²) in [5.74, 6) is 3.16. The van der Waals surface area contributed by atoms with Crippen LogP contribution in [0.5, 0.6) is 5.75 Å². The van der Waals surface area contributed by atoms with Gasteiger partial charge in [-0.15, -0.1) is 0 Å². The summed E-state index contributed by atoms with van der Waals surface area (Å²) in [6.07, 6.45) is -5.17. The minimum absolute atomic E-state index is 0.279. The predicted molar refractivity (Wildman–Crippen MR) is 203 cm³/mol. The molecule has 6 rings (SSSR count). The van der Waals surface area contributed by atoms with Gasteiger partial charge in [-0.25, -0.2) is 4.79 Å². The minimum atomic E-state index is -5.15. The van der Waals surface area contributed by atoms with Crippen molar-refractivity contribution in [2.75, 3.05) is 56.8 Å². The van der Waals surface area contributed by atoms with E-state index in [2.05, 4.69) is 15.2 Å². The summed E-state index contributed by atoms with van der Waals surface area (Å²) >= 11 is 1.89. The topological polar surface area (TPSA) is 94.2 Å². The highest BCUT2D eigenvalue weighted by Gasteiger charge is 2.45. The number of alkyl halides is 6. The zero-order valence-corrected chi connectivity index (χ0v) is 33.3. The van der Waals surface area contributed by atoms with Crippen LogP contribution in [0.1, 0.15) is 69.2 Å². The van der Waals surface area contributed by atoms with Crippen LogP contribution in [0.2, 0.25) is 6.04 Å². The summed E-state index contributed by atoms with van der Waals surface area (Å²) in [5.41, 5.74) is -3.29. The second-order valence-corrected chi connectivity index (χ2v) is 17.6. The molecule has 9 nitrogen and oxygen atoms in total. The van der Waals surface area contributed by atoms with Gasteiger partial charge < -0.3 is 28.6 Å². The second-order valence-electron chi connectivity index (χ2n) is 13.7. The van der Waals surface area contributed by atoms with Crippen LogP contribution in [0.15, 0.2) is 48.7 Å². The van der Waals surface area contributed by atoms with E-state index in [1.165, 1.54) is 7.11 Å². The number of nitrogens with one attached hydrogen (secondary N) is 2. The Morgan fingerprint density at radius 1 is 0.982 bits per heavy atom. The number of fused-ring (bicyclic) bond motifs is 4. The lowest BCUT2D eigenvalue weighted by Gasteiger charge is -2.52. The fourth-order valence-corrected chi connectivity index (χ4v) is 11.8. The highest BCUT2D eigenvalue weighted by Crippen LogP contribution is 2.45. The third kappa shape index (κ3) is 10.7. The molecular weight excluding hydrogens is 767 g/mol. The van der Waals surface area contributed by atoms with Gasteiger partial charge in [-0.3, -0.25) is 9.88 Å². The summed E-state index contributed by atoms with van der Waals surface area (Å²) < 4.78 is 107. The Balaban J connectivity index is 1.33. The van der Waals surface area contributed by atoms with Gasteiger partial charge in [0.25, 0.3) is 0 Å². The standard InChI is InChI=1S/C38H50F6N4O5SSi/c1-5-51-55(52-6-2,53-7-3)21-9-19-54-20-16-26-24-48-18-15-25(26)22-33(48)34(28-14-17-45-32-13-12-27(50-4)23-29(28)32)46-36(49)47-35-30(37(39,40)41)10-8-11-31(35)38(42,43)44/h8,10-14,17,23,25-26,33-34H,5-7,9,15-16,18-22,24H2,1-4H3,(H2,46,47,49)/t25-,26-,33-,34-/m0/s1. The number of urea groups is 1. The molecule has 0 spiro atoms. The average molecular weight is 817 g/mol. The molecular formula is C38H50F6N4O5SSi. The fraction of sp³-hybridized carbons (Fsp3) is 0.579. The van der Waals surface area contributed by atoms with Crippen LogP contribution in [0.25, 0.3) is 10.9 Å². The minimum Gasteiger partial charge on any atom is -0.497 e. The summed E-state index contributed by atoms with van der Waals surface area (Å²) in [5, 5.41) is 5.43. The molecule has 3 aliphatic heterocycles. The first-order valence-electron chi connectivity index (χ1n) is 18.7. The van der Waals surface area contributed by atoms with Gasteiger partial charge >= 0.3 is 27.2 Å². The SMILES string of the molecule is CCO[Si](CCCSCC[C@H]1CN2CC[C@H]1C[C@H]2[C@@H](NC(=O)Nc1c(C(F)(F)F)cccc1C(F)(F)F)c1ccnc2ccc(OC)cc12)(OCC)OCC. The van der Waals surface area contributed by atoms with Crippen molar-refractivity contribution in [3.8, 4) is 5.75 Å². The number of nitrogens with zero attached hydrogens (tertiary/aromatic N) is 2. The molecule has 2 amide bonds. The molecule has 2 aromatic carbocycles. The Kier molecular flexibility index (Phi) is 14.8. The third-order valence-corrected chi connectivity index (χ3v) is 14.6. The number of hydrogen-bond donors (Lipinski definition) is 2. The summed E-state index contributed by atoms with van der Waals surface area (Å²) in [6.45, 7) is 8.96. The van der Waals surface area contributed by atoms with E-state index in [1.54, 1.807) is 30.5 Å². The summed E-state index contributed by atoms with van der Waals surface area (Å²) in [6, 6.07) is 7.22. The van der Waals surface area contributed by atoms with E-state index >= 15 is 0 Å². The Labute approximate surface area is 323 Å². The molecule has 0 aliphatic carbocycles. The van der Waals surface area contributed by atoms with Crippen LogP contribution in [-0.2, 0) is 25.6 Å². The van der Waals surface area contributed by atoms with Crippen LogP contribution in [0.3, 0.4) is 0 Å². The van der Waals surface area contributed by atoms with Crippen LogP contribution < -0.4 is 15.4 Å². The Morgan fingerprint density at radius 3 is 2.24 bits per heavy atom. The van der Waals surface area contributed by atoms with Crippen molar-refractivity contribution in [2.24, 2.45) is 11.8 Å². The number of aromatic nitrogens is 1. The lowest BCUT2D eigenvalue weighted by atomic mass is 9.72. The van der Waals surface area contributed by atoms with Crippen molar-refractivity contribution in [1.82, 2.24) is 15.2 Å². The van der Waals surface area contributed by atoms with Gasteiger partial charge in [-0.1, -0.05) is 6.07 Å². The quantitative estimate of drug-likeness (QED) is 0.0746. The molecule has 304 valence electrons. The number of benzene rings is 2. The highest BCUT2D eigenvalue weighted by molar-refractivity contribution is 7.99. The highest BCUT2D eigenvalue weighted by atomic mass is 32.2. The van der Waals surface area contributed by atoms with E-state index < -0.39 is 50.0 Å². The van der Waals surface area contributed by atoms with Gasteiger partial charge in [0.05, 0.1) is 35.5 Å². The number of para-hydroxylation sites is 1. The van der Waals surface area contributed by atoms with Crippen molar-refractivity contribution in [1.29, 1.82) is 0 Å². The molecule has 1 aromatic heterocycles. The number of carbonyl (C=O) groups is 1. The zero-order chi connectivity index (χ0) is 39.8. The number of rotatable bonds is 18. The third-order valence-electron chi connectivity index (χ3n) is 10.3. The van der Waals surface area contributed by atoms with E-state index in [0.29, 0.717) is 78.5 Å². The molecule has 55 heavy (non-hydrogen) atoms. The fourth-order valence-electron chi connectivity index (χ4n) is 7.96. The largest absolute Gasteiger partial charge is 0.500 e. The Hall–Kier alpha value is -3.09. The van der Waals surface area contributed by atoms with E-state index in [1.807, 2.05) is 37.8 Å². The maximum absolute atomic E-state index is 14.0. The first kappa shape index (κ1) is 43.0. The number of thioether (sulfide) groups is 1. The normalized spacial score (nSPS) is 20.8. The van der Waals surface area contributed by atoms with E-state index in [0.717, 1.165) is 49.9 Å². The zero-order valence-electron chi connectivity index (χ0n) is 31.5. The first-order chi connectivity index (χ1) is 26.2. The molecule has 4 heterocycles. The number of piperidine rings is 3. The first-order valence-corrected chi connectivity index (χ1v) is 21.8. The number of halogens is 6. The number of methoxy groups -OCH3 is 1. The molecule has 3 fully saturated rings. The van der Waals surface area contributed by atoms with Crippen molar-refractivity contribution in [2.45, 2.75) is 76.9 Å². The molecule has 0 saturated carbocycles. The van der Waals surface area contributed by atoms with Gasteiger partial charge in [-0.05, 0) is 118 Å². The number of carbonyl (C=O) groups excluding carboxylic acids is 1. The molecule has 3 aliphatic rings. The van der Waals surface area contributed by atoms with Crippen molar-refractivity contribution in [3.05, 3.63) is 65.4 Å². The van der Waals surface area contributed by atoms with Crippen LogP contribution in [-0.4, -0.2) is 82.3 Å². The molecule has 1 unspecified atom stereocenters. The predicted octanol–water partition coefficient (Wildman–Crippen LogP) is 9.42. The van der Waals surface area contributed by atoms with Gasteiger partial charge in [0.1, 0.15) is 5.75 Å². The summed E-state index contributed by atoms with van der Waals surface area (Å²) in [4.78, 5) is 20.4. The number of ether oxygens (including phenoxy) is 1. The molecule has 3 aromatic rings. The van der Waals surface area contributed by atoms with Crippen molar-refractivity contribution >= 4 is 43.2 Å². The molecule has 0 radical (unpaired) electrons. The molecule has 5 atom stereocenters. The van der Waals surface area contributed by atoms with Crippen LogP contribution in [0, 0.1) is 11.8 Å². The van der Waals surface area contributed by atoms with E-state index in [4.69, 9.17) is 18.0 Å². The average Bonchev–Trinajstić information content (AvgIpc) is 3.14. The van der Waals surface area contributed by atoms with Gasteiger partial charge in [-0.2, -0.15) is 38.1 Å². The lowest BCUT2D eigenvalue weighted by molar-refractivity contribution is -0.141. The van der Waals surface area contributed by atoms with Crippen LogP contribution >= 0.6 is 11.8 Å². The smallest absolute Gasteiger partial charge is 0.497 e. The van der Waals surface area contributed by atoms with E-state index in [-0.39, 0.29) is 6.04 Å². The molecule has 2 N–H and O–H groups in total. The molecule has 2 bridgehead atoms. The maximum Gasteiger partial charge on any atom is 0.500 e. The molecule has 3 saturated heterocycles. The van der Waals surface area contributed by atoms with Crippen molar-refractivity contribution < 1.29 is 49.2 Å². The lowest BCUT2D eigenvalue weighted by Crippen LogP contribution is -2.58. The van der Waals surface area contributed by atoms with Gasteiger partial charge in [0.2, 0.25) is 0 Å². The Bertz CT molecular complexity index is 1690. The van der Waals surface area contributed by atoms with Crippen molar-refractivity contribution in [3.63, 3.8) is 0 Å².